The average molecular weight is 355 g/mol. The molecule has 1 rings (SSSR count). The molecule has 1 atom stereocenters. The number of methoxy groups -OCH3 is 3. The first-order chi connectivity index (χ1) is 11.6. The summed E-state index contributed by atoms with van der Waals surface area (Å²) in [7, 11) is 4.42. The molecule has 0 saturated carbocycles. The predicted octanol–water partition coefficient (Wildman–Crippen LogP) is 2.23. The van der Waals surface area contributed by atoms with Crippen LogP contribution in [0.5, 0.6) is 17.2 Å². The number of carbonyl (C=O) groups excluding carboxylic acids is 1. The van der Waals surface area contributed by atoms with Gasteiger partial charge in [-0.2, -0.15) is 0 Å². The van der Waals surface area contributed by atoms with Crippen molar-refractivity contribution >= 4 is 12.1 Å². The first-order valence-corrected chi connectivity index (χ1v) is 7.62. The molecule has 0 spiro atoms. The summed E-state index contributed by atoms with van der Waals surface area (Å²) in [6.07, 6.45) is -0.822. The molecule has 0 aliphatic heterocycles. The van der Waals surface area contributed by atoms with E-state index in [9.17, 15) is 14.7 Å². The fourth-order valence-electron chi connectivity index (χ4n) is 2.12. The molecule has 0 heterocycles. The van der Waals surface area contributed by atoms with Gasteiger partial charge in [-0.1, -0.05) is 0 Å². The maximum Gasteiger partial charge on any atom is 0.408 e. The minimum Gasteiger partial charge on any atom is -0.496 e. The highest BCUT2D eigenvalue weighted by Gasteiger charge is 2.26. The number of carboxylic acid groups (broad SMARTS) is 1. The first-order valence-electron chi connectivity index (χ1n) is 7.62. The molecular formula is C17H25NO7. The third kappa shape index (κ3) is 6.06. The molecule has 8 nitrogen and oxygen atoms in total. The lowest BCUT2D eigenvalue weighted by Gasteiger charge is -2.22. The highest BCUT2D eigenvalue weighted by atomic mass is 16.6. The number of aliphatic carboxylic acids is 1. The molecule has 2 N–H and O–H groups in total. The average Bonchev–Trinajstić information content (AvgIpc) is 2.51. The Bertz CT molecular complexity index is 622. The molecule has 0 saturated heterocycles. The third-order valence-corrected chi connectivity index (χ3v) is 3.20. The maximum absolute atomic E-state index is 11.9. The molecule has 0 fully saturated rings. The van der Waals surface area contributed by atoms with Crippen LogP contribution in [0.3, 0.4) is 0 Å². The van der Waals surface area contributed by atoms with Crippen molar-refractivity contribution < 1.29 is 33.6 Å². The zero-order valence-corrected chi connectivity index (χ0v) is 15.3. The first kappa shape index (κ1) is 20.4. The fourth-order valence-corrected chi connectivity index (χ4v) is 2.12. The number of hydrogen-bond acceptors (Lipinski definition) is 6. The molecular weight excluding hydrogens is 330 g/mol. The van der Waals surface area contributed by atoms with E-state index < -0.39 is 23.7 Å². The lowest BCUT2D eigenvalue weighted by Crippen LogP contribution is -2.44. The third-order valence-electron chi connectivity index (χ3n) is 3.20. The predicted molar refractivity (Wildman–Crippen MR) is 90.6 cm³/mol. The quantitative estimate of drug-likeness (QED) is 0.773. The summed E-state index contributed by atoms with van der Waals surface area (Å²) < 4.78 is 20.8. The van der Waals surface area contributed by atoms with E-state index in [2.05, 4.69) is 5.32 Å². The molecule has 1 aromatic carbocycles. The van der Waals surface area contributed by atoms with Crippen LogP contribution in [0.25, 0.3) is 0 Å². The van der Waals surface area contributed by atoms with Gasteiger partial charge in [0.1, 0.15) is 17.4 Å². The summed E-state index contributed by atoms with van der Waals surface area (Å²) in [6, 6.07) is 2.02. The van der Waals surface area contributed by atoms with E-state index >= 15 is 0 Å². The van der Waals surface area contributed by atoms with E-state index in [0.717, 1.165) is 0 Å². The second-order valence-corrected chi connectivity index (χ2v) is 6.26. The van der Waals surface area contributed by atoms with E-state index in [1.165, 1.54) is 21.3 Å². The molecule has 140 valence electrons. The van der Waals surface area contributed by atoms with Gasteiger partial charge in [0, 0.05) is 18.1 Å². The van der Waals surface area contributed by atoms with Gasteiger partial charge in [0.2, 0.25) is 0 Å². The van der Waals surface area contributed by atoms with Crippen molar-refractivity contribution in [2.45, 2.75) is 38.8 Å². The number of rotatable bonds is 7. The summed E-state index contributed by atoms with van der Waals surface area (Å²) in [5.74, 6) is 0.118. The highest BCUT2D eigenvalue weighted by molar-refractivity contribution is 5.80. The molecule has 0 aliphatic carbocycles. The molecule has 0 radical (unpaired) electrons. The topological polar surface area (TPSA) is 103 Å². The largest absolute Gasteiger partial charge is 0.496 e. The Morgan fingerprint density at radius 2 is 1.56 bits per heavy atom. The maximum atomic E-state index is 11.9. The number of alkyl carbamates (subject to hydrolysis) is 1. The smallest absolute Gasteiger partial charge is 0.408 e. The van der Waals surface area contributed by atoms with Crippen LogP contribution in [0.15, 0.2) is 12.1 Å². The van der Waals surface area contributed by atoms with Crippen LogP contribution in [0.1, 0.15) is 26.3 Å². The van der Waals surface area contributed by atoms with Crippen molar-refractivity contribution in [2.24, 2.45) is 0 Å². The number of hydrogen-bond donors (Lipinski definition) is 2. The molecule has 1 aromatic rings. The molecule has 0 aliphatic rings. The van der Waals surface area contributed by atoms with E-state index in [-0.39, 0.29) is 6.42 Å². The molecule has 0 aromatic heterocycles. The van der Waals surface area contributed by atoms with Gasteiger partial charge in [0.25, 0.3) is 0 Å². The standard InChI is InChI=1S/C17H25NO7/c1-17(2,3)25-16(21)18-11(15(19)20)7-10-8-13(23-5)14(24-6)9-12(10)22-4/h8-9,11H,7H2,1-6H3,(H,18,21)(H,19,20)/t11-/m0/s1. The van der Waals surface area contributed by atoms with Crippen LogP contribution in [-0.2, 0) is 16.0 Å². The second-order valence-electron chi connectivity index (χ2n) is 6.26. The van der Waals surface area contributed by atoms with Crippen molar-refractivity contribution in [3.8, 4) is 17.2 Å². The fraction of sp³-hybridized carbons (Fsp3) is 0.529. The number of nitrogens with one attached hydrogen (secondary N) is 1. The Hall–Kier alpha value is -2.64. The van der Waals surface area contributed by atoms with Crippen LogP contribution in [-0.4, -0.2) is 50.1 Å². The van der Waals surface area contributed by atoms with Crippen LogP contribution in [0.2, 0.25) is 0 Å². The van der Waals surface area contributed by atoms with Crippen LogP contribution >= 0.6 is 0 Å². The number of carboxylic acids is 1. The summed E-state index contributed by atoms with van der Waals surface area (Å²) in [6.45, 7) is 5.08. The normalized spacial score (nSPS) is 12.1. The Balaban J connectivity index is 3.05. The molecule has 1 amide bonds. The van der Waals surface area contributed by atoms with Gasteiger partial charge in [-0.3, -0.25) is 0 Å². The minimum atomic E-state index is -1.19. The van der Waals surface area contributed by atoms with Gasteiger partial charge in [-0.15, -0.1) is 0 Å². The van der Waals surface area contributed by atoms with Crippen LogP contribution in [0.4, 0.5) is 4.79 Å². The van der Waals surface area contributed by atoms with Crippen molar-refractivity contribution in [1.82, 2.24) is 5.32 Å². The van der Waals surface area contributed by atoms with Crippen molar-refractivity contribution in [3.05, 3.63) is 17.7 Å². The Morgan fingerprint density at radius 3 is 2.00 bits per heavy atom. The minimum absolute atomic E-state index is 0.0158. The van der Waals surface area contributed by atoms with E-state index in [0.29, 0.717) is 22.8 Å². The van der Waals surface area contributed by atoms with E-state index in [4.69, 9.17) is 18.9 Å². The van der Waals surface area contributed by atoms with Gasteiger partial charge in [-0.25, -0.2) is 9.59 Å². The summed E-state index contributed by atoms with van der Waals surface area (Å²) in [5.41, 5.74) is -0.183. The summed E-state index contributed by atoms with van der Waals surface area (Å²) >= 11 is 0. The van der Waals surface area contributed by atoms with Gasteiger partial charge in [0.05, 0.1) is 21.3 Å². The number of amides is 1. The SMILES string of the molecule is COc1cc(OC)c(OC)cc1C[C@H](NC(=O)OC(C)(C)C)C(=O)O. The van der Waals surface area contributed by atoms with Crippen LogP contribution < -0.4 is 19.5 Å². The van der Waals surface area contributed by atoms with Crippen molar-refractivity contribution in [3.63, 3.8) is 0 Å². The van der Waals surface area contributed by atoms with Gasteiger partial charge < -0.3 is 29.4 Å². The van der Waals surface area contributed by atoms with Crippen molar-refractivity contribution in [2.75, 3.05) is 21.3 Å². The number of benzene rings is 1. The zero-order chi connectivity index (χ0) is 19.2. The molecule has 25 heavy (non-hydrogen) atoms. The Labute approximate surface area is 147 Å². The Morgan fingerprint density at radius 1 is 1.04 bits per heavy atom. The Kier molecular flexibility index (Phi) is 6.90. The van der Waals surface area contributed by atoms with E-state index in [1.54, 1.807) is 32.9 Å². The van der Waals surface area contributed by atoms with Gasteiger partial charge in [0.15, 0.2) is 11.5 Å². The monoisotopic (exact) mass is 355 g/mol. The molecule has 8 heteroatoms. The highest BCUT2D eigenvalue weighted by Crippen LogP contribution is 2.35. The van der Waals surface area contributed by atoms with Crippen molar-refractivity contribution in [1.29, 1.82) is 0 Å². The summed E-state index contributed by atoms with van der Waals surface area (Å²) in [4.78, 5) is 23.4. The number of carbonyl (C=O) groups is 2. The van der Waals surface area contributed by atoms with Crippen LogP contribution in [0, 0.1) is 0 Å². The molecule has 0 bridgehead atoms. The van der Waals surface area contributed by atoms with Gasteiger partial charge >= 0.3 is 12.1 Å². The zero-order valence-electron chi connectivity index (χ0n) is 15.3. The lowest BCUT2D eigenvalue weighted by molar-refractivity contribution is -0.139. The second kappa shape index (κ2) is 8.46. The van der Waals surface area contributed by atoms with Gasteiger partial charge in [-0.05, 0) is 26.8 Å². The number of ether oxygens (including phenoxy) is 4. The van der Waals surface area contributed by atoms with E-state index in [1.807, 2.05) is 0 Å². The molecule has 0 unspecified atom stereocenters. The lowest BCUT2D eigenvalue weighted by atomic mass is 10.0. The summed E-state index contributed by atoms with van der Waals surface area (Å²) in [5, 5.41) is 11.8.